The van der Waals surface area contributed by atoms with Gasteiger partial charge >= 0.3 is 21.1 Å². The van der Waals surface area contributed by atoms with Crippen molar-refractivity contribution in [2.24, 2.45) is 0 Å². The van der Waals surface area contributed by atoms with E-state index >= 15 is 0 Å². The van der Waals surface area contributed by atoms with Crippen LogP contribution in [0, 0.1) is 12.1 Å². The molecule has 0 saturated heterocycles. The fourth-order valence-corrected chi connectivity index (χ4v) is 3.89. The van der Waals surface area contributed by atoms with Crippen LogP contribution in [0.15, 0.2) is 104 Å². The molecule has 3 aromatic heterocycles. The van der Waals surface area contributed by atoms with Gasteiger partial charge in [0.15, 0.2) is 0 Å². The smallest absolute Gasteiger partial charge is 0.341 e. The van der Waals surface area contributed by atoms with E-state index in [1.165, 1.54) is 11.1 Å². The van der Waals surface area contributed by atoms with Gasteiger partial charge in [-0.1, -0.05) is 79.6 Å². The SMILES string of the molecule is CC(C)(c1[c-]ccc(-c2ccccc2)c1)c1cccc(-c2[c-]c(-c3ccccn3)cnc2)n1.[Pt+2]. The molecule has 0 aliphatic heterocycles. The number of rotatable bonds is 5. The number of nitrogens with zero attached hydrogens (tertiary/aromatic N) is 3. The van der Waals surface area contributed by atoms with Crippen molar-refractivity contribution < 1.29 is 21.1 Å². The third kappa shape index (κ3) is 4.90. The Labute approximate surface area is 215 Å². The van der Waals surface area contributed by atoms with Crippen LogP contribution in [0.5, 0.6) is 0 Å². The van der Waals surface area contributed by atoms with E-state index in [4.69, 9.17) is 4.98 Å². The molecule has 0 bridgehead atoms. The van der Waals surface area contributed by atoms with Gasteiger partial charge in [-0.15, -0.1) is 11.6 Å². The number of pyridine rings is 3. The zero-order valence-corrected chi connectivity index (χ0v) is 21.2. The van der Waals surface area contributed by atoms with Gasteiger partial charge in [0.05, 0.1) is 0 Å². The molecule has 2 aromatic carbocycles. The van der Waals surface area contributed by atoms with Gasteiger partial charge in [-0.2, -0.15) is 29.8 Å². The molecule has 0 atom stereocenters. The molecule has 5 rings (SSSR count). The van der Waals surface area contributed by atoms with Gasteiger partial charge in [-0.25, -0.2) is 0 Å². The number of aromatic nitrogens is 3. The maximum absolute atomic E-state index is 5.02. The van der Waals surface area contributed by atoms with Crippen LogP contribution in [0.2, 0.25) is 0 Å². The van der Waals surface area contributed by atoms with Crippen molar-refractivity contribution in [2.45, 2.75) is 19.3 Å². The molecule has 168 valence electrons. The minimum absolute atomic E-state index is 0. The maximum atomic E-state index is 5.02. The molecule has 0 radical (unpaired) electrons. The van der Waals surface area contributed by atoms with E-state index in [1.807, 2.05) is 42.5 Å². The van der Waals surface area contributed by atoms with E-state index in [1.54, 1.807) is 18.6 Å². The summed E-state index contributed by atoms with van der Waals surface area (Å²) in [6.45, 7) is 4.37. The minimum atomic E-state index is -0.327. The quantitative estimate of drug-likeness (QED) is 0.203. The fraction of sp³-hybridized carbons (Fsp3) is 0.100. The molecule has 0 N–H and O–H groups in total. The molecule has 0 saturated carbocycles. The first-order valence-corrected chi connectivity index (χ1v) is 11.0. The maximum Gasteiger partial charge on any atom is 2.00 e. The molecule has 0 fully saturated rings. The largest absolute Gasteiger partial charge is 2.00 e. The zero-order chi connectivity index (χ0) is 22.7. The summed E-state index contributed by atoms with van der Waals surface area (Å²) in [7, 11) is 0. The molecule has 0 unspecified atom stereocenters. The van der Waals surface area contributed by atoms with Crippen LogP contribution in [0.3, 0.4) is 0 Å². The molecular weight excluding hydrogens is 597 g/mol. The average Bonchev–Trinajstić information content (AvgIpc) is 2.90. The summed E-state index contributed by atoms with van der Waals surface area (Å²) in [6, 6.07) is 35.5. The van der Waals surface area contributed by atoms with Gasteiger partial charge in [-0.05, 0) is 30.1 Å². The van der Waals surface area contributed by atoms with Crippen LogP contribution in [-0.2, 0) is 26.5 Å². The van der Waals surface area contributed by atoms with E-state index in [9.17, 15) is 0 Å². The standard InChI is InChI=1S/C30H23N3.Pt/c1-30(2,26-13-8-12-23(19-26)22-10-4-3-5-11-22)29-16-9-15-28(33-29)25-18-24(20-31-21-25)27-14-6-7-17-32-27;/h3-12,14-17,19-21H,1-2H3;/q-2;+2. The van der Waals surface area contributed by atoms with Gasteiger partial charge in [0, 0.05) is 28.7 Å². The van der Waals surface area contributed by atoms with E-state index in [2.05, 4.69) is 78.4 Å². The Kier molecular flexibility index (Phi) is 7.14. The molecule has 34 heavy (non-hydrogen) atoms. The summed E-state index contributed by atoms with van der Waals surface area (Å²) in [5.41, 5.74) is 7.48. The predicted octanol–water partition coefficient (Wildman–Crippen LogP) is 6.80. The Hall–Kier alpha value is -3.42. The van der Waals surface area contributed by atoms with E-state index in [0.29, 0.717) is 0 Å². The van der Waals surface area contributed by atoms with Crippen molar-refractivity contribution in [3.8, 4) is 33.6 Å². The van der Waals surface area contributed by atoms with Crippen molar-refractivity contribution >= 4 is 0 Å². The first-order valence-electron chi connectivity index (χ1n) is 11.0. The van der Waals surface area contributed by atoms with Crippen LogP contribution < -0.4 is 0 Å². The summed E-state index contributed by atoms with van der Waals surface area (Å²) < 4.78 is 0. The molecule has 3 nitrogen and oxygen atoms in total. The second-order valence-corrected chi connectivity index (χ2v) is 8.46. The predicted molar refractivity (Wildman–Crippen MR) is 132 cm³/mol. The van der Waals surface area contributed by atoms with Crippen LogP contribution in [-0.4, -0.2) is 15.0 Å². The first-order chi connectivity index (χ1) is 16.1. The number of hydrogen-bond donors (Lipinski definition) is 0. The van der Waals surface area contributed by atoms with Crippen molar-refractivity contribution in [3.63, 3.8) is 0 Å². The molecule has 3 heterocycles. The van der Waals surface area contributed by atoms with Crippen LogP contribution >= 0.6 is 0 Å². The van der Waals surface area contributed by atoms with Crippen molar-refractivity contribution in [3.05, 3.63) is 127 Å². The first kappa shape index (κ1) is 23.7. The molecule has 0 aliphatic rings. The Morgan fingerprint density at radius 1 is 0.735 bits per heavy atom. The Balaban J connectivity index is 0.00000274. The molecule has 0 spiro atoms. The summed E-state index contributed by atoms with van der Waals surface area (Å²) in [5, 5.41) is 0. The summed E-state index contributed by atoms with van der Waals surface area (Å²) in [5.74, 6) is 0. The second-order valence-electron chi connectivity index (χ2n) is 8.46. The van der Waals surface area contributed by atoms with Crippen molar-refractivity contribution in [1.29, 1.82) is 0 Å². The minimum Gasteiger partial charge on any atom is -0.341 e. The Bertz CT molecular complexity index is 1380. The molecule has 4 heteroatoms. The summed E-state index contributed by atoms with van der Waals surface area (Å²) in [6.07, 6.45) is 5.36. The third-order valence-electron chi connectivity index (χ3n) is 5.86. The van der Waals surface area contributed by atoms with Gasteiger partial charge in [0.2, 0.25) is 0 Å². The second kappa shape index (κ2) is 10.2. The number of benzene rings is 2. The molecule has 0 amide bonds. The summed E-state index contributed by atoms with van der Waals surface area (Å²) >= 11 is 0. The van der Waals surface area contributed by atoms with Crippen molar-refractivity contribution in [1.82, 2.24) is 15.0 Å². The van der Waals surface area contributed by atoms with Crippen LogP contribution in [0.4, 0.5) is 0 Å². The van der Waals surface area contributed by atoms with Gasteiger partial charge < -0.3 is 4.98 Å². The summed E-state index contributed by atoms with van der Waals surface area (Å²) in [4.78, 5) is 13.8. The average molecular weight is 621 g/mol. The molecule has 0 aliphatic carbocycles. The molecular formula is C30H23N3Pt. The van der Waals surface area contributed by atoms with E-state index < -0.39 is 0 Å². The topological polar surface area (TPSA) is 38.7 Å². The van der Waals surface area contributed by atoms with Crippen LogP contribution in [0.25, 0.3) is 33.6 Å². The zero-order valence-electron chi connectivity index (χ0n) is 19.0. The van der Waals surface area contributed by atoms with Crippen LogP contribution in [0.1, 0.15) is 25.1 Å². The molecule has 5 aromatic rings. The number of hydrogen-bond acceptors (Lipinski definition) is 3. The van der Waals surface area contributed by atoms with Gasteiger partial charge in [-0.3, -0.25) is 9.97 Å². The Morgan fingerprint density at radius 2 is 1.47 bits per heavy atom. The Morgan fingerprint density at radius 3 is 2.24 bits per heavy atom. The van der Waals surface area contributed by atoms with E-state index in [-0.39, 0.29) is 26.5 Å². The third-order valence-corrected chi connectivity index (χ3v) is 5.86. The fourth-order valence-electron chi connectivity index (χ4n) is 3.89. The van der Waals surface area contributed by atoms with Gasteiger partial charge in [0.1, 0.15) is 0 Å². The van der Waals surface area contributed by atoms with Crippen molar-refractivity contribution in [2.75, 3.05) is 0 Å². The van der Waals surface area contributed by atoms with Gasteiger partial charge in [0.25, 0.3) is 0 Å². The van der Waals surface area contributed by atoms with E-state index in [0.717, 1.165) is 33.8 Å². The monoisotopic (exact) mass is 620 g/mol. The normalized spacial score (nSPS) is 11.0.